The van der Waals surface area contributed by atoms with Crippen molar-refractivity contribution in [2.24, 2.45) is 5.41 Å². The van der Waals surface area contributed by atoms with Crippen molar-refractivity contribution in [1.82, 2.24) is 10.2 Å². The molecule has 90 valence electrons. The fourth-order valence-electron chi connectivity index (χ4n) is 2.60. The molecular formula is C12H26N2O. The molecule has 0 bridgehead atoms. The summed E-state index contributed by atoms with van der Waals surface area (Å²) >= 11 is 0. The minimum absolute atomic E-state index is 0.280. The smallest absolute Gasteiger partial charge is 0.0746 e. The fraction of sp³-hybridized carbons (Fsp3) is 1.00. The second-order valence-corrected chi connectivity index (χ2v) is 6.01. The molecule has 0 aromatic rings. The van der Waals surface area contributed by atoms with E-state index in [1.165, 1.54) is 0 Å². The van der Waals surface area contributed by atoms with Crippen LogP contribution in [0.15, 0.2) is 0 Å². The summed E-state index contributed by atoms with van der Waals surface area (Å²) in [5.74, 6) is 0. The topological polar surface area (TPSA) is 35.5 Å². The molecule has 0 radical (unpaired) electrons. The number of hydrogen-bond acceptors (Lipinski definition) is 3. The number of aliphatic hydroxyl groups is 1. The van der Waals surface area contributed by atoms with Crippen molar-refractivity contribution in [2.45, 2.75) is 39.2 Å². The van der Waals surface area contributed by atoms with Crippen molar-refractivity contribution >= 4 is 0 Å². The van der Waals surface area contributed by atoms with Gasteiger partial charge < -0.3 is 10.4 Å². The number of piperidine rings is 1. The van der Waals surface area contributed by atoms with E-state index < -0.39 is 5.60 Å². The van der Waals surface area contributed by atoms with Crippen LogP contribution in [0.3, 0.4) is 0 Å². The van der Waals surface area contributed by atoms with Crippen LogP contribution in [0.25, 0.3) is 0 Å². The summed E-state index contributed by atoms with van der Waals surface area (Å²) in [6.07, 6.45) is 2.05. The molecular weight excluding hydrogens is 188 g/mol. The zero-order valence-corrected chi connectivity index (χ0v) is 10.6. The van der Waals surface area contributed by atoms with E-state index in [4.69, 9.17) is 0 Å². The number of nitrogens with one attached hydrogen (secondary N) is 1. The lowest BCUT2D eigenvalue weighted by Gasteiger charge is -2.40. The summed E-state index contributed by atoms with van der Waals surface area (Å²) in [6, 6.07) is 0. The summed E-state index contributed by atoms with van der Waals surface area (Å²) in [5.41, 5.74) is -0.198. The highest BCUT2D eigenvalue weighted by molar-refractivity contribution is 4.86. The Hall–Kier alpha value is -0.120. The number of nitrogens with zero attached hydrogens (tertiary/aromatic N) is 1. The quantitative estimate of drug-likeness (QED) is 0.735. The van der Waals surface area contributed by atoms with Gasteiger partial charge in [-0.05, 0) is 38.8 Å². The fourth-order valence-corrected chi connectivity index (χ4v) is 2.60. The van der Waals surface area contributed by atoms with Crippen LogP contribution in [0.4, 0.5) is 0 Å². The van der Waals surface area contributed by atoms with Crippen molar-refractivity contribution in [3.63, 3.8) is 0 Å². The monoisotopic (exact) mass is 214 g/mol. The van der Waals surface area contributed by atoms with Crippen LogP contribution in [0.2, 0.25) is 0 Å². The SMILES string of the molecule is CNCC(C)(C)CN1CCCC(C)(O)C1. The van der Waals surface area contributed by atoms with Crippen LogP contribution in [0.5, 0.6) is 0 Å². The molecule has 1 aliphatic rings. The van der Waals surface area contributed by atoms with E-state index >= 15 is 0 Å². The maximum absolute atomic E-state index is 10.0. The zero-order valence-electron chi connectivity index (χ0n) is 10.6. The van der Waals surface area contributed by atoms with Crippen molar-refractivity contribution < 1.29 is 5.11 Å². The van der Waals surface area contributed by atoms with Gasteiger partial charge in [-0.25, -0.2) is 0 Å². The lowest BCUT2D eigenvalue weighted by molar-refractivity contribution is -0.0252. The average molecular weight is 214 g/mol. The average Bonchev–Trinajstić information content (AvgIpc) is 1.99. The van der Waals surface area contributed by atoms with Gasteiger partial charge in [-0.1, -0.05) is 13.8 Å². The predicted octanol–water partition coefficient (Wildman–Crippen LogP) is 1.08. The molecule has 1 fully saturated rings. The normalized spacial score (nSPS) is 29.4. The van der Waals surface area contributed by atoms with E-state index in [1.54, 1.807) is 0 Å². The molecule has 1 heterocycles. The van der Waals surface area contributed by atoms with Gasteiger partial charge in [0, 0.05) is 19.6 Å². The number of hydrogen-bond donors (Lipinski definition) is 2. The first-order valence-corrected chi connectivity index (χ1v) is 5.94. The van der Waals surface area contributed by atoms with Gasteiger partial charge in [0.15, 0.2) is 0 Å². The molecule has 1 rings (SSSR count). The summed E-state index contributed by atoms with van der Waals surface area (Å²) in [7, 11) is 1.99. The van der Waals surface area contributed by atoms with E-state index in [1.807, 2.05) is 14.0 Å². The Bertz CT molecular complexity index is 202. The molecule has 1 saturated heterocycles. The Morgan fingerprint density at radius 2 is 2.13 bits per heavy atom. The standard InChI is InChI=1S/C12H26N2O/c1-11(2,8-13-4)9-14-7-5-6-12(3,15)10-14/h13,15H,5-10H2,1-4H3. The Kier molecular flexibility index (Phi) is 4.15. The first-order valence-electron chi connectivity index (χ1n) is 5.94. The summed E-state index contributed by atoms with van der Waals surface area (Å²) in [5, 5.41) is 13.2. The first kappa shape index (κ1) is 12.9. The Morgan fingerprint density at radius 3 is 2.67 bits per heavy atom. The van der Waals surface area contributed by atoms with Crippen molar-refractivity contribution in [1.29, 1.82) is 0 Å². The lowest BCUT2D eigenvalue weighted by atomic mass is 9.89. The summed E-state index contributed by atoms with van der Waals surface area (Å²) in [6.45, 7) is 10.5. The largest absolute Gasteiger partial charge is 0.389 e. The molecule has 0 aliphatic carbocycles. The van der Waals surface area contributed by atoms with Gasteiger partial charge in [-0.3, -0.25) is 4.90 Å². The van der Waals surface area contributed by atoms with E-state index in [0.717, 1.165) is 39.0 Å². The third kappa shape index (κ3) is 4.49. The number of rotatable bonds is 4. The van der Waals surface area contributed by atoms with Crippen LogP contribution < -0.4 is 5.32 Å². The Labute approximate surface area is 93.9 Å². The third-order valence-corrected chi connectivity index (χ3v) is 3.06. The molecule has 1 atom stereocenters. The van der Waals surface area contributed by atoms with Gasteiger partial charge in [0.05, 0.1) is 5.60 Å². The third-order valence-electron chi connectivity index (χ3n) is 3.06. The molecule has 0 aromatic heterocycles. The van der Waals surface area contributed by atoms with Gasteiger partial charge in [-0.15, -0.1) is 0 Å². The number of β-amino-alcohol motifs (C(OH)–C–C–N with tert-alkyl or cyclic N) is 1. The van der Waals surface area contributed by atoms with Gasteiger partial charge in [0.25, 0.3) is 0 Å². The van der Waals surface area contributed by atoms with Crippen LogP contribution in [-0.4, -0.2) is 48.8 Å². The predicted molar refractivity (Wildman–Crippen MR) is 64.0 cm³/mol. The van der Waals surface area contributed by atoms with Gasteiger partial charge >= 0.3 is 0 Å². The molecule has 0 amide bonds. The van der Waals surface area contributed by atoms with Gasteiger partial charge in [0.1, 0.15) is 0 Å². The van der Waals surface area contributed by atoms with Gasteiger partial charge in [-0.2, -0.15) is 0 Å². The van der Waals surface area contributed by atoms with E-state index in [9.17, 15) is 5.11 Å². The molecule has 0 saturated carbocycles. The minimum atomic E-state index is -0.478. The highest BCUT2D eigenvalue weighted by atomic mass is 16.3. The zero-order chi connectivity index (χ0) is 11.5. The molecule has 15 heavy (non-hydrogen) atoms. The van der Waals surface area contributed by atoms with E-state index in [0.29, 0.717) is 0 Å². The molecule has 3 nitrogen and oxygen atoms in total. The molecule has 3 heteroatoms. The minimum Gasteiger partial charge on any atom is -0.389 e. The van der Waals surface area contributed by atoms with Gasteiger partial charge in [0.2, 0.25) is 0 Å². The van der Waals surface area contributed by atoms with E-state index in [-0.39, 0.29) is 5.41 Å². The van der Waals surface area contributed by atoms with Crippen molar-refractivity contribution in [3.8, 4) is 0 Å². The lowest BCUT2D eigenvalue weighted by Crippen LogP contribution is -2.50. The molecule has 1 aliphatic heterocycles. The van der Waals surface area contributed by atoms with Crippen LogP contribution in [-0.2, 0) is 0 Å². The second kappa shape index (κ2) is 4.81. The Balaban J connectivity index is 2.44. The molecule has 0 aromatic carbocycles. The second-order valence-electron chi connectivity index (χ2n) is 6.01. The Morgan fingerprint density at radius 1 is 1.47 bits per heavy atom. The number of likely N-dealkylation sites (tertiary alicyclic amines) is 1. The molecule has 2 N–H and O–H groups in total. The highest BCUT2D eigenvalue weighted by Crippen LogP contribution is 2.24. The first-order chi connectivity index (χ1) is 6.85. The van der Waals surface area contributed by atoms with Crippen LogP contribution in [0, 0.1) is 5.41 Å². The summed E-state index contributed by atoms with van der Waals surface area (Å²) < 4.78 is 0. The molecule has 0 spiro atoms. The van der Waals surface area contributed by atoms with E-state index in [2.05, 4.69) is 24.1 Å². The van der Waals surface area contributed by atoms with Crippen LogP contribution >= 0.6 is 0 Å². The van der Waals surface area contributed by atoms with Crippen LogP contribution in [0.1, 0.15) is 33.6 Å². The molecule has 1 unspecified atom stereocenters. The highest BCUT2D eigenvalue weighted by Gasteiger charge is 2.31. The summed E-state index contributed by atoms with van der Waals surface area (Å²) in [4.78, 5) is 2.39. The van der Waals surface area contributed by atoms with Crippen molar-refractivity contribution in [2.75, 3.05) is 33.2 Å². The van der Waals surface area contributed by atoms with Crippen molar-refractivity contribution in [3.05, 3.63) is 0 Å². The maximum atomic E-state index is 10.0. The maximum Gasteiger partial charge on any atom is 0.0746 e.